The van der Waals surface area contributed by atoms with Crippen molar-refractivity contribution in [3.63, 3.8) is 0 Å². The molecule has 0 radical (unpaired) electrons. The van der Waals surface area contributed by atoms with Crippen LogP contribution in [0.5, 0.6) is 5.88 Å². The molecule has 0 bridgehead atoms. The minimum absolute atomic E-state index is 0.440. The first-order valence-corrected chi connectivity index (χ1v) is 8.16. The SMILES string of the molecule is CC(C)COc1nc(C2CC2)nc(NCCCN(C)C)c1N. The number of nitrogens with two attached hydrogens (primary N) is 1. The van der Waals surface area contributed by atoms with E-state index in [-0.39, 0.29) is 0 Å². The summed E-state index contributed by atoms with van der Waals surface area (Å²) in [6.45, 7) is 6.71. The van der Waals surface area contributed by atoms with E-state index in [1.807, 2.05) is 0 Å². The van der Waals surface area contributed by atoms with Crippen LogP contribution in [0, 0.1) is 5.92 Å². The van der Waals surface area contributed by atoms with Crippen molar-refractivity contribution in [2.45, 2.75) is 39.0 Å². The topological polar surface area (TPSA) is 76.3 Å². The fraction of sp³-hybridized carbons (Fsp3) is 0.750. The number of hydrogen-bond acceptors (Lipinski definition) is 6. The average molecular weight is 307 g/mol. The molecule has 0 atom stereocenters. The minimum atomic E-state index is 0.440. The Bertz CT molecular complexity index is 486. The molecule has 0 saturated heterocycles. The third-order valence-electron chi connectivity index (χ3n) is 3.50. The van der Waals surface area contributed by atoms with E-state index in [1.165, 1.54) is 0 Å². The van der Waals surface area contributed by atoms with Crippen LogP contribution in [0.15, 0.2) is 0 Å². The second kappa shape index (κ2) is 7.63. The zero-order valence-electron chi connectivity index (χ0n) is 14.2. The van der Waals surface area contributed by atoms with Gasteiger partial charge in [0.25, 0.3) is 0 Å². The number of aromatic nitrogens is 2. The molecule has 1 fully saturated rings. The van der Waals surface area contributed by atoms with Gasteiger partial charge >= 0.3 is 0 Å². The first kappa shape index (κ1) is 16.8. The number of ether oxygens (including phenoxy) is 1. The zero-order valence-corrected chi connectivity index (χ0v) is 14.2. The van der Waals surface area contributed by atoms with Crippen LogP contribution in [0.1, 0.15) is 44.9 Å². The Morgan fingerprint density at radius 2 is 2.05 bits per heavy atom. The number of anilines is 2. The second-order valence-electron chi connectivity index (χ2n) is 6.71. The summed E-state index contributed by atoms with van der Waals surface area (Å²) in [6.07, 6.45) is 3.36. The Morgan fingerprint density at radius 3 is 2.64 bits per heavy atom. The van der Waals surface area contributed by atoms with E-state index in [0.717, 1.165) is 44.0 Å². The van der Waals surface area contributed by atoms with Gasteiger partial charge in [0.2, 0.25) is 5.88 Å². The van der Waals surface area contributed by atoms with Crippen LogP contribution in [0.2, 0.25) is 0 Å². The van der Waals surface area contributed by atoms with Gasteiger partial charge < -0.3 is 20.7 Å². The van der Waals surface area contributed by atoms with Crippen molar-refractivity contribution in [3.8, 4) is 5.88 Å². The molecular weight excluding hydrogens is 278 g/mol. The Morgan fingerprint density at radius 1 is 1.32 bits per heavy atom. The van der Waals surface area contributed by atoms with Gasteiger partial charge in [-0.15, -0.1) is 0 Å². The minimum Gasteiger partial charge on any atom is -0.476 e. The van der Waals surface area contributed by atoms with Crippen molar-refractivity contribution in [2.75, 3.05) is 44.8 Å². The standard InChI is InChI=1S/C16H29N5O/c1-11(2)10-22-16-13(17)15(18-8-5-9-21(3)4)19-14(20-16)12-6-7-12/h11-12H,5-10,17H2,1-4H3,(H,18,19,20). The predicted molar refractivity (Wildman–Crippen MR) is 90.4 cm³/mol. The summed E-state index contributed by atoms with van der Waals surface area (Å²) in [5.41, 5.74) is 6.70. The highest BCUT2D eigenvalue weighted by Gasteiger charge is 2.28. The van der Waals surface area contributed by atoms with Gasteiger partial charge in [-0.1, -0.05) is 13.8 Å². The van der Waals surface area contributed by atoms with Gasteiger partial charge in [-0.3, -0.25) is 0 Å². The molecule has 6 nitrogen and oxygen atoms in total. The fourth-order valence-corrected chi connectivity index (χ4v) is 2.08. The summed E-state index contributed by atoms with van der Waals surface area (Å²) in [5.74, 6) is 3.03. The number of rotatable bonds is 9. The maximum atomic E-state index is 6.18. The van der Waals surface area contributed by atoms with Crippen LogP contribution in [0.25, 0.3) is 0 Å². The van der Waals surface area contributed by atoms with E-state index < -0.39 is 0 Å². The van der Waals surface area contributed by atoms with E-state index in [9.17, 15) is 0 Å². The molecule has 0 spiro atoms. The molecule has 1 saturated carbocycles. The fourth-order valence-electron chi connectivity index (χ4n) is 2.08. The lowest BCUT2D eigenvalue weighted by atomic mass is 10.2. The zero-order chi connectivity index (χ0) is 16.1. The molecule has 124 valence electrons. The van der Waals surface area contributed by atoms with E-state index in [2.05, 4.69) is 48.1 Å². The average Bonchev–Trinajstić information content (AvgIpc) is 3.27. The summed E-state index contributed by atoms with van der Waals surface area (Å²) in [6, 6.07) is 0. The highest BCUT2D eigenvalue weighted by Crippen LogP contribution is 2.40. The highest BCUT2D eigenvalue weighted by molar-refractivity contribution is 5.67. The Balaban J connectivity index is 2.05. The Hall–Kier alpha value is -1.56. The van der Waals surface area contributed by atoms with Crippen molar-refractivity contribution in [1.82, 2.24) is 14.9 Å². The molecule has 2 rings (SSSR count). The van der Waals surface area contributed by atoms with Crippen molar-refractivity contribution < 1.29 is 4.74 Å². The third kappa shape index (κ3) is 5.02. The van der Waals surface area contributed by atoms with Crippen LogP contribution >= 0.6 is 0 Å². The normalized spacial score (nSPS) is 14.6. The molecule has 1 aliphatic rings. The lowest BCUT2D eigenvalue weighted by Gasteiger charge is -2.15. The molecule has 1 aromatic rings. The highest BCUT2D eigenvalue weighted by atomic mass is 16.5. The molecule has 0 amide bonds. The molecule has 0 aliphatic heterocycles. The van der Waals surface area contributed by atoms with Crippen LogP contribution in [-0.2, 0) is 0 Å². The largest absolute Gasteiger partial charge is 0.476 e. The van der Waals surface area contributed by atoms with E-state index in [1.54, 1.807) is 0 Å². The summed E-state index contributed by atoms with van der Waals surface area (Å²) in [5, 5.41) is 3.34. The van der Waals surface area contributed by atoms with Crippen LogP contribution in [0.4, 0.5) is 11.5 Å². The van der Waals surface area contributed by atoms with Gasteiger partial charge in [-0.05, 0) is 45.8 Å². The maximum Gasteiger partial charge on any atom is 0.242 e. The molecule has 3 N–H and O–H groups in total. The molecule has 22 heavy (non-hydrogen) atoms. The van der Waals surface area contributed by atoms with E-state index in [4.69, 9.17) is 10.5 Å². The van der Waals surface area contributed by atoms with Gasteiger partial charge in [0.15, 0.2) is 5.82 Å². The van der Waals surface area contributed by atoms with Crippen LogP contribution in [-0.4, -0.2) is 48.7 Å². The molecule has 0 aromatic carbocycles. The summed E-state index contributed by atoms with van der Waals surface area (Å²) < 4.78 is 5.78. The smallest absolute Gasteiger partial charge is 0.242 e. The number of nitrogens with zero attached hydrogens (tertiary/aromatic N) is 3. The van der Waals surface area contributed by atoms with Gasteiger partial charge in [0.05, 0.1) is 6.61 Å². The molecular formula is C16H29N5O. The third-order valence-corrected chi connectivity index (χ3v) is 3.50. The molecule has 1 heterocycles. The Kier molecular flexibility index (Phi) is 5.83. The summed E-state index contributed by atoms with van der Waals surface area (Å²) >= 11 is 0. The van der Waals surface area contributed by atoms with Crippen molar-refractivity contribution in [3.05, 3.63) is 5.82 Å². The summed E-state index contributed by atoms with van der Waals surface area (Å²) in [4.78, 5) is 11.3. The number of nitrogen functional groups attached to an aromatic ring is 1. The molecule has 0 unspecified atom stereocenters. The number of hydrogen-bond donors (Lipinski definition) is 2. The maximum absolute atomic E-state index is 6.18. The van der Waals surface area contributed by atoms with Gasteiger partial charge in [0.1, 0.15) is 11.5 Å². The molecule has 1 aliphatic carbocycles. The summed E-state index contributed by atoms with van der Waals surface area (Å²) in [7, 11) is 4.14. The van der Waals surface area contributed by atoms with Gasteiger partial charge in [0, 0.05) is 12.5 Å². The van der Waals surface area contributed by atoms with Crippen LogP contribution < -0.4 is 15.8 Å². The lowest BCUT2D eigenvalue weighted by Crippen LogP contribution is -2.18. The predicted octanol–water partition coefficient (Wildman–Crippen LogP) is 2.33. The van der Waals surface area contributed by atoms with Crippen molar-refractivity contribution in [2.24, 2.45) is 5.92 Å². The van der Waals surface area contributed by atoms with Crippen molar-refractivity contribution in [1.29, 1.82) is 0 Å². The number of nitrogens with one attached hydrogen (secondary N) is 1. The molecule has 1 aromatic heterocycles. The monoisotopic (exact) mass is 307 g/mol. The van der Waals surface area contributed by atoms with E-state index in [0.29, 0.717) is 30.0 Å². The quantitative estimate of drug-likeness (QED) is 0.682. The van der Waals surface area contributed by atoms with Gasteiger partial charge in [-0.2, -0.15) is 4.98 Å². The first-order valence-electron chi connectivity index (χ1n) is 8.16. The molecule has 6 heteroatoms. The Labute approximate surface area is 133 Å². The van der Waals surface area contributed by atoms with Gasteiger partial charge in [-0.25, -0.2) is 4.98 Å². The van der Waals surface area contributed by atoms with Crippen LogP contribution in [0.3, 0.4) is 0 Å². The second-order valence-corrected chi connectivity index (χ2v) is 6.71. The lowest BCUT2D eigenvalue weighted by molar-refractivity contribution is 0.262. The van der Waals surface area contributed by atoms with Crippen molar-refractivity contribution >= 4 is 11.5 Å². The van der Waals surface area contributed by atoms with E-state index >= 15 is 0 Å². The first-order chi connectivity index (χ1) is 10.5.